The monoisotopic (exact) mass is 226 g/mol. The Labute approximate surface area is 81.0 Å². The van der Waals surface area contributed by atoms with E-state index < -0.39 is 0 Å². The van der Waals surface area contributed by atoms with Crippen molar-refractivity contribution in [3.05, 3.63) is 34.7 Å². The number of hydrogen-bond donors (Lipinski definition) is 0. The van der Waals surface area contributed by atoms with E-state index in [1.807, 2.05) is 37.3 Å². The summed E-state index contributed by atoms with van der Waals surface area (Å²) in [4.78, 5) is 5.97. The molecule has 1 aromatic rings. The first kappa shape index (κ1) is 9.26. The summed E-state index contributed by atoms with van der Waals surface area (Å²) in [5.41, 5.74) is 1.14. The molecule has 12 heavy (non-hydrogen) atoms. The van der Waals surface area contributed by atoms with E-state index in [4.69, 9.17) is 0 Å². The summed E-state index contributed by atoms with van der Waals surface area (Å²) in [6, 6.07) is 1.96. The van der Waals surface area contributed by atoms with Crippen molar-refractivity contribution in [3.63, 3.8) is 0 Å². The van der Waals surface area contributed by atoms with Crippen LogP contribution in [0.3, 0.4) is 0 Å². The van der Waals surface area contributed by atoms with Gasteiger partial charge in [0, 0.05) is 31.0 Å². The van der Waals surface area contributed by atoms with Crippen LogP contribution < -0.4 is 0 Å². The lowest BCUT2D eigenvalue weighted by Crippen LogP contribution is -1.99. The molecule has 0 saturated carbocycles. The van der Waals surface area contributed by atoms with Gasteiger partial charge in [-0.15, -0.1) is 0 Å². The van der Waals surface area contributed by atoms with Crippen LogP contribution in [0.15, 0.2) is 29.1 Å². The topological polar surface area (TPSA) is 16.1 Å². The van der Waals surface area contributed by atoms with Gasteiger partial charge in [0.05, 0.1) is 0 Å². The van der Waals surface area contributed by atoms with E-state index in [2.05, 4.69) is 20.9 Å². The molecule has 0 aliphatic carbocycles. The molecule has 0 aliphatic heterocycles. The highest BCUT2D eigenvalue weighted by Crippen LogP contribution is 2.15. The maximum Gasteiger partial charge on any atom is 0.0431 e. The van der Waals surface area contributed by atoms with E-state index in [0.717, 1.165) is 10.0 Å². The molecular weight excluding hydrogens is 216 g/mol. The molecule has 0 unspecified atom stereocenters. The van der Waals surface area contributed by atoms with Crippen LogP contribution in [0, 0.1) is 0 Å². The number of hydrogen-bond acceptors (Lipinski definition) is 2. The average molecular weight is 227 g/mol. The van der Waals surface area contributed by atoms with Gasteiger partial charge in [-0.25, -0.2) is 0 Å². The molecule has 0 saturated heterocycles. The van der Waals surface area contributed by atoms with Gasteiger partial charge in [0.15, 0.2) is 0 Å². The number of aromatic nitrogens is 1. The van der Waals surface area contributed by atoms with Crippen LogP contribution in [0.1, 0.15) is 5.56 Å². The molecule has 2 nitrogen and oxygen atoms in total. The smallest absolute Gasteiger partial charge is 0.0431 e. The number of pyridine rings is 1. The molecule has 0 fully saturated rings. The van der Waals surface area contributed by atoms with Crippen LogP contribution in [-0.4, -0.2) is 24.0 Å². The molecule has 0 aliphatic rings. The van der Waals surface area contributed by atoms with Crippen molar-refractivity contribution in [1.29, 1.82) is 0 Å². The highest BCUT2D eigenvalue weighted by molar-refractivity contribution is 9.10. The minimum Gasteiger partial charge on any atom is -0.383 e. The second-order valence-corrected chi connectivity index (χ2v) is 3.53. The third-order valence-corrected chi connectivity index (χ3v) is 2.02. The van der Waals surface area contributed by atoms with Gasteiger partial charge in [-0.1, -0.05) is 0 Å². The largest absolute Gasteiger partial charge is 0.383 e. The molecule has 3 heteroatoms. The molecule has 0 bridgehead atoms. The van der Waals surface area contributed by atoms with Gasteiger partial charge in [0.25, 0.3) is 0 Å². The molecule has 1 heterocycles. The van der Waals surface area contributed by atoms with Crippen LogP contribution in [0.5, 0.6) is 0 Å². The minimum atomic E-state index is 1.02. The molecule has 0 spiro atoms. The van der Waals surface area contributed by atoms with E-state index in [1.54, 1.807) is 12.4 Å². The predicted octanol–water partition coefficient (Wildman–Crippen LogP) is 2.38. The van der Waals surface area contributed by atoms with E-state index in [9.17, 15) is 0 Å². The zero-order chi connectivity index (χ0) is 8.97. The third-order valence-electron chi connectivity index (χ3n) is 1.36. The SMILES string of the molecule is CN(C)C=Cc1ccncc1Br. The number of nitrogens with zero attached hydrogens (tertiary/aromatic N) is 2. The first-order chi connectivity index (χ1) is 5.70. The van der Waals surface area contributed by atoms with Crippen molar-refractivity contribution in [3.8, 4) is 0 Å². The Bertz CT molecular complexity index is 282. The van der Waals surface area contributed by atoms with Crippen molar-refractivity contribution in [1.82, 2.24) is 9.88 Å². The third kappa shape index (κ3) is 2.66. The second-order valence-electron chi connectivity index (χ2n) is 2.68. The molecule has 1 aromatic heterocycles. The zero-order valence-corrected chi connectivity index (χ0v) is 8.75. The normalized spacial score (nSPS) is 10.6. The maximum absolute atomic E-state index is 3.98. The summed E-state index contributed by atoms with van der Waals surface area (Å²) in [7, 11) is 3.98. The van der Waals surface area contributed by atoms with Crippen molar-refractivity contribution < 1.29 is 0 Å². The van der Waals surface area contributed by atoms with Crippen molar-refractivity contribution in [2.75, 3.05) is 14.1 Å². The molecule has 0 amide bonds. The summed E-state index contributed by atoms with van der Waals surface area (Å²) in [5, 5.41) is 0. The fourth-order valence-electron chi connectivity index (χ4n) is 0.750. The Kier molecular flexibility index (Phi) is 3.29. The Morgan fingerprint density at radius 3 is 2.83 bits per heavy atom. The first-order valence-corrected chi connectivity index (χ1v) is 4.43. The highest BCUT2D eigenvalue weighted by atomic mass is 79.9. The fraction of sp³-hybridized carbons (Fsp3) is 0.222. The Hall–Kier alpha value is -0.830. The predicted molar refractivity (Wildman–Crippen MR) is 54.7 cm³/mol. The van der Waals surface area contributed by atoms with Gasteiger partial charge in [0.2, 0.25) is 0 Å². The quantitative estimate of drug-likeness (QED) is 0.771. The van der Waals surface area contributed by atoms with Crippen LogP contribution in [-0.2, 0) is 0 Å². The number of rotatable bonds is 2. The van der Waals surface area contributed by atoms with Crippen molar-refractivity contribution >= 4 is 22.0 Å². The molecule has 1 rings (SSSR count). The zero-order valence-electron chi connectivity index (χ0n) is 7.16. The Balaban J connectivity index is 2.82. The van der Waals surface area contributed by atoms with Crippen LogP contribution in [0.25, 0.3) is 6.08 Å². The molecule has 0 N–H and O–H groups in total. The Morgan fingerprint density at radius 2 is 2.25 bits per heavy atom. The van der Waals surface area contributed by atoms with Gasteiger partial charge in [-0.05, 0) is 39.8 Å². The van der Waals surface area contributed by atoms with Gasteiger partial charge in [-0.2, -0.15) is 0 Å². The van der Waals surface area contributed by atoms with Gasteiger partial charge < -0.3 is 4.90 Å². The molecular formula is C9H11BrN2. The average Bonchev–Trinajstić information content (AvgIpc) is 2.03. The van der Waals surface area contributed by atoms with Gasteiger partial charge in [0.1, 0.15) is 0 Å². The van der Waals surface area contributed by atoms with Crippen molar-refractivity contribution in [2.24, 2.45) is 0 Å². The fourth-order valence-corrected chi connectivity index (χ4v) is 1.13. The first-order valence-electron chi connectivity index (χ1n) is 3.64. The Morgan fingerprint density at radius 1 is 1.50 bits per heavy atom. The molecule has 0 aromatic carbocycles. The molecule has 0 atom stereocenters. The maximum atomic E-state index is 3.98. The summed E-state index contributed by atoms with van der Waals surface area (Å²) in [6.45, 7) is 0. The lowest BCUT2D eigenvalue weighted by molar-refractivity contribution is 0.567. The van der Waals surface area contributed by atoms with E-state index in [-0.39, 0.29) is 0 Å². The van der Waals surface area contributed by atoms with Gasteiger partial charge >= 0.3 is 0 Å². The summed E-state index contributed by atoms with van der Waals surface area (Å²) >= 11 is 3.41. The van der Waals surface area contributed by atoms with Crippen LogP contribution in [0.4, 0.5) is 0 Å². The molecule has 0 radical (unpaired) electrons. The summed E-state index contributed by atoms with van der Waals surface area (Å²) < 4.78 is 1.02. The van der Waals surface area contributed by atoms with Crippen molar-refractivity contribution in [2.45, 2.75) is 0 Å². The highest BCUT2D eigenvalue weighted by Gasteiger charge is 1.92. The minimum absolute atomic E-state index is 1.02. The van der Waals surface area contributed by atoms with Gasteiger partial charge in [-0.3, -0.25) is 4.98 Å². The summed E-state index contributed by atoms with van der Waals surface area (Å²) in [6.07, 6.45) is 7.60. The lowest BCUT2D eigenvalue weighted by atomic mass is 10.3. The van der Waals surface area contributed by atoms with E-state index in [1.165, 1.54) is 0 Å². The van der Waals surface area contributed by atoms with E-state index >= 15 is 0 Å². The second kappa shape index (κ2) is 4.26. The van der Waals surface area contributed by atoms with Crippen LogP contribution >= 0.6 is 15.9 Å². The standard InChI is InChI=1S/C9H11BrN2/c1-12(2)6-4-8-3-5-11-7-9(8)10/h3-7H,1-2H3. The van der Waals surface area contributed by atoms with E-state index in [0.29, 0.717) is 0 Å². The number of halogens is 1. The molecule has 64 valence electrons. The summed E-state index contributed by atoms with van der Waals surface area (Å²) in [5.74, 6) is 0. The lowest BCUT2D eigenvalue weighted by Gasteiger charge is -2.03. The van der Waals surface area contributed by atoms with Crippen LogP contribution in [0.2, 0.25) is 0 Å².